The molecule has 17 heavy (non-hydrogen) atoms. The van der Waals surface area contributed by atoms with Crippen molar-refractivity contribution in [3.63, 3.8) is 0 Å². The number of rotatable bonds is 4. The molecule has 1 aliphatic rings. The lowest BCUT2D eigenvalue weighted by Gasteiger charge is -2.12. The van der Waals surface area contributed by atoms with E-state index in [1.165, 1.54) is 25.0 Å². The van der Waals surface area contributed by atoms with E-state index in [4.69, 9.17) is 0 Å². The zero-order valence-electron chi connectivity index (χ0n) is 10.3. The molecule has 0 saturated heterocycles. The molecule has 0 spiro atoms. The first-order chi connectivity index (χ1) is 8.08. The molecule has 1 aromatic rings. The number of hydrogen-bond acceptors (Lipinski definition) is 1. The Kier molecular flexibility index (Phi) is 3.46. The quantitative estimate of drug-likeness (QED) is 0.854. The molecule has 1 saturated carbocycles. The number of aryl methyl sites for hydroxylation is 1. The normalized spacial score (nSPS) is 16.6. The van der Waals surface area contributed by atoms with Crippen molar-refractivity contribution in [2.75, 3.05) is 6.54 Å². The molecule has 1 aliphatic carbocycles. The van der Waals surface area contributed by atoms with Crippen LogP contribution in [-0.2, 0) is 0 Å². The molecule has 1 amide bonds. The molecule has 1 atom stereocenters. The lowest BCUT2D eigenvalue weighted by atomic mass is 10.1. The molecule has 1 aromatic carbocycles. The first-order valence-electron chi connectivity index (χ1n) is 6.12. The summed E-state index contributed by atoms with van der Waals surface area (Å²) in [5, 5.41) is 2.92. The van der Waals surface area contributed by atoms with Crippen LogP contribution in [0.1, 0.15) is 35.7 Å². The number of carbonyl (C=O) groups is 1. The zero-order valence-corrected chi connectivity index (χ0v) is 10.3. The van der Waals surface area contributed by atoms with Crippen molar-refractivity contribution in [3.05, 3.63) is 35.1 Å². The maximum Gasteiger partial charge on any atom is 0.251 e. The fraction of sp³-hybridized carbons (Fsp3) is 0.500. The van der Waals surface area contributed by atoms with E-state index in [0.717, 1.165) is 5.92 Å². The van der Waals surface area contributed by atoms with Crippen molar-refractivity contribution >= 4 is 5.91 Å². The van der Waals surface area contributed by atoms with E-state index in [9.17, 15) is 9.18 Å². The van der Waals surface area contributed by atoms with Gasteiger partial charge in [-0.3, -0.25) is 4.79 Å². The number of hydrogen-bond donors (Lipinski definition) is 1. The third kappa shape index (κ3) is 3.05. The summed E-state index contributed by atoms with van der Waals surface area (Å²) in [6, 6.07) is 4.26. The lowest BCUT2D eigenvalue weighted by Crippen LogP contribution is -2.29. The highest BCUT2D eigenvalue weighted by Crippen LogP contribution is 2.36. The van der Waals surface area contributed by atoms with E-state index in [-0.39, 0.29) is 11.7 Å². The van der Waals surface area contributed by atoms with Gasteiger partial charge in [-0.1, -0.05) is 6.92 Å². The van der Waals surface area contributed by atoms with Gasteiger partial charge < -0.3 is 5.32 Å². The summed E-state index contributed by atoms with van der Waals surface area (Å²) in [5.41, 5.74) is 1.25. The number of nitrogens with one attached hydrogen (secondary N) is 1. The van der Waals surface area contributed by atoms with Gasteiger partial charge in [0.15, 0.2) is 0 Å². The SMILES string of the molecule is Cc1cc(F)ccc1C(=O)NCC(C)C1CC1. The Morgan fingerprint density at radius 3 is 2.82 bits per heavy atom. The van der Waals surface area contributed by atoms with Gasteiger partial charge in [0, 0.05) is 12.1 Å². The number of benzene rings is 1. The predicted molar refractivity (Wildman–Crippen MR) is 65.4 cm³/mol. The van der Waals surface area contributed by atoms with E-state index in [1.807, 2.05) is 0 Å². The van der Waals surface area contributed by atoms with Crippen molar-refractivity contribution < 1.29 is 9.18 Å². The second-order valence-electron chi connectivity index (χ2n) is 4.98. The Labute approximate surface area is 101 Å². The second-order valence-corrected chi connectivity index (χ2v) is 4.98. The highest BCUT2D eigenvalue weighted by Gasteiger charge is 2.27. The van der Waals surface area contributed by atoms with E-state index in [1.54, 1.807) is 13.0 Å². The van der Waals surface area contributed by atoms with E-state index >= 15 is 0 Å². The van der Waals surface area contributed by atoms with Crippen LogP contribution in [0.15, 0.2) is 18.2 Å². The van der Waals surface area contributed by atoms with Gasteiger partial charge in [-0.25, -0.2) is 4.39 Å². The Morgan fingerprint density at radius 1 is 1.53 bits per heavy atom. The average Bonchev–Trinajstić information content (AvgIpc) is 3.09. The van der Waals surface area contributed by atoms with Crippen LogP contribution in [-0.4, -0.2) is 12.5 Å². The molecule has 0 aliphatic heterocycles. The van der Waals surface area contributed by atoms with Crippen molar-refractivity contribution in [2.24, 2.45) is 11.8 Å². The van der Waals surface area contributed by atoms with E-state index < -0.39 is 0 Å². The van der Waals surface area contributed by atoms with Gasteiger partial charge in [0.05, 0.1) is 0 Å². The van der Waals surface area contributed by atoms with Crippen LogP contribution in [0.25, 0.3) is 0 Å². The van der Waals surface area contributed by atoms with E-state index in [0.29, 0.717) is 23.6 Å². The van der Waals surface area contributed by atoms with Gasteiger partial charge in [0.1, 0.15) is 5.82 Å². The van der Waals surface area contributed by atoms with Crippen LogP contribution >= 0.6 is 0 Å². The molecule has 92 valence electrons. The van der Waals surface area contributed by atoms with Gasteiger partial charge in [-0.05, 0) is 55.4 Å². The number of amides is 1. The maximum absolute atomic E-state index is 12.9. The van der Waals surface area contributed by atoms with Crippen LogP contribution in [0, 0.1) is 24.6 Å². The molecule has 1 fully saturated rings. The molecule has 0 bridgehead atoms. The van der Waals surface area contributed by atoms with Gasteiger partial charge in [-0.2, -0.15) is 0 Å². The summed E-state index contributed by atoms with van der Waals surface area (Å²) < 4.78 is 12.9. The Hall–Kier alpha value is -1.38. The molecule has 3 heteroatoms. The third-order valence-corrected chi connectivity index (χ3v) is 3.44. The summed E-state index contributed by atoms with van der Waals surface area (Å²) in [6.45, 7) is 4.62. The van der Waals surface area contributed by atoms with Crippen molar-refractivity contribution in [3.8, 4) is 0 Å². The van der Waals surface area contributed by atoms with Crippen LogP contribution in [0.4, 0.5) is 4.39 Å². The summed E-state index contributed by atoms with van der Waals surface area (Å²) >= 11 is 0. The molecular formula is C14H18FNO. The molecule has 0 radical (unpaired) electrons. The average molecular weight is 235 g/mol. The minimum atomic E-state index is -0.301. The van der Waals surface area contributed by atoms with Crippen LogP contribution in [0.2, 0.25) is 0 Å². The summed E-state index contributed by atoms with van der Waals surface area (Å²) in [6.07, 6.45) is 2.57. The summed E-state index contributed by atoms with van der Waals surface area (Å²) in [7, 11) is 0. The standard InChI is InChI=1S/C14H18FNO/c1-9-7-12(15)5-6-13(9)14(17)16-8-10(2)11-3-4-11/h5-7,10-11H,3-4,8H2,1-2H3,(H,16,17). The molecule has 0 heterocycles. The third-order valence-electron chi connectivity index (χ3n) is 3.44. The zero-order chi connectivity index (χ0) is 12.4. The molecule has 1 unspecified atom stereocenters. The summed E-state index contributed by atoms with van der Waals surface area (Å²) in [5.74, 6) is 0.921. The largest absolute Gasteiger partial charge is 0.352 e. The maximum atomic E-state index is 12.9. The minimum Gasteiger partial charge on any atom is -0.352 e. The fourth-order valence-electron chi connectivity index (χ4n) is 2.06. The van der Waals surface area contributed by atoms with E-state index in [2.05, 4.69) is 12.2 Å². The molecule has 2 rings (SSSR count). The van der Waals surface area contributed by atoms with Crippen molar-refractivity contribution in [1.82, 2.24) is 5.32 Å². The summed E-state index contributed by atoms with van der Waals surface area (Å²) in [4.78, 5) is 11.9. The van der Waals surface area contributed by atoms with Crippen molar-refractivity contribution in [1.29, 1.82) is 0 Å². The van der Waals surface area contributed by atoms with Gasteiger partial charge in [-0.15, -0.1) is 0 Å². The minimum absolute atomic E-state index is 0.102. The molecule has 2 nitrogen and oxygen atoms in total. The predicted octanol–water partition coefficient (Wildman–Crippen LogP) is 2.91. The number of carbonyl (C=O) groups excluding carboxylic acids is 1. The fourth-order valence-corrected chi connectivity index (χ4v) is 2.06. The topological polar surface area (TPSA) is 29.1 Å². The van der Waals surface area contributed by atoms with Gasteiger partial charge >= 0.3 is 0 Å². The van der Waals surface area contributed by atoms with Gasteiger partial charge in [0.25, 0.3) is 5.91 Å². The number of halogens is 1. The molecule has 0 aromatic heterocycles. The van der Waals surface area contributed by atoms with Crippen LogP contribution in [0.3, 0.4) is 0 Å². The van der Waals surface area contributed by atoms with Gasteiger partial charge in [0.2, 0.25) is 0 Å². The lowest BCUT2D eigenvalue weighted by molar-refractivity contribution is 0.0946. The Bertz CT molecular complexity index is 426. The molecule has 1 N–H and O–H groups in total. The van der Waals surface area contributed by atoms with Crippen molar-refractivity contribution in [2.45, 2.75) is 26.7 Å². The Morgan fingerprint density at radius 2 is 2.24 bits per heavy atom. The van der Waals surface area contributed by atoms with Crippen LogP contribution < -0.4 is 5.32 Å². The first kappa shape index (κ1) is 12.1. The highest BCUT2D eigenvalue weighted by molar-refractivity contribution is 5.95. The molecular weight excluding hydrogens is 217 g/mol. The monoisotopic (exact) mass is 235 g/mol. The second kappa shape index (κ2) is 4.86. The smallest absolute Gasteiger partial charge is 0.251 e. The first-order valence-corrected chi connectivity index (χ1v) is 6.12. The van der Waals surface area contributed by atoms with Crippen LogP contribution in [0.5, 0.6) is 0 Å². The Balaban J connectivity index is 1.94. The highest BCUT2D eigenvalue weighted by atomic mass is 19.1.